The first-order valence-corrected chi connectivity index (χ1v) is 12.1. The summed E-state index contributed by atoms with van der Waals surface area (Å²) in [4.78, 5) is 12.7. The van der Waals surface area contributed by atoms with Gasteiger partial charge in [-0.15, -0.1) is 0 Å². The largest absolute Gasteiger partial charge is 0.504 e. The van der Waals surface area contributed by atoms with Crippen LogP contribution in [0.25, 0.3) is 6.08 Å². The van der Waals surface area contributed by atoms with E-state index < -0.39 is 67.7 Å². The first-order valence-electron chi connectivity index (χ1n) is 12.1. The predicted molar refractivity (Wildman–Crippen MR) is 132 cm³/mol. The van der Waals surface area contributed by atoms with E-state index >= 15 is 0 Å². The van der Waals surface area contributed by atoms with E-state index in [1.165, 1.54) is 45.6 Å². The van der Waals surface area contributed by atoms with Crippen molar-refractivity contribution in [2.45, 2.75) is 61.5 Å². The molecule has 1 aromatic carbocycles. The van der Waals surface area contributed by atoms with Gasteiger partial charge in [-0.05, 0) is 23.8 Å². The smallest absolute Gasteiger partial charge is 0.331 e. The molecule has 2 fully saturated rings. The fourth-order valence-corrected chi connectivity index (χ4v) is 4.55. The number of carbonyl (C=O) groups excluding carboxylic acids is 1. The lowest BCUT2D eigenvalue weighted by molar-refractivity contribution is -0.314. The van der Waals surface area contributed by atoms with Crippen molar-refractivity contribution in [2.75, 3.05) is 27.9 Å². The van der Waals surface area contributed by atoms with Crippen molar-refractivity contribution in [3.05, 3.63) is 41.5 Å². The lowest BCUT2D eigenvalue weighted by atomic mass is 9.84. The van der Waals surface area contributed by atoms with Gasteiger partial charge in [-0.1, -0.05) is 6.07 Å². The molecule has 1 aliphatic heterocycles. The summed E-state index contributed by atoms with van der Waals surface area (Å²) in [6.45, 7) is -0.679. The average Bonchev–Trinajstić information content (AvgIpc) is 2.93. The summed E-state index contributed by atoms with van der Waals surface area (Å²) in [7, 11) is 4.18. The third kappa shape index (κ3) is 6.93. The molecule has 13 nitrogen and oxygen atoms in total. The number of esters is 1. The van der Waals surface area contributed by atoms with Crippen LogP contribution < -0.4 is 4.74 Å². The Morgan fingerprint density at radius 3 is 2.51 bits per heavy atom. The van der Waals surface area contributed by atoms with Crippen LogP contribution in [-0.4, -0.2) is 115 Å². The van der Waals surface area contributed by atoms with Gasteiger partial charge in [0, 0.05) is 38.4 Å². The molecule has 214 valence electrons. The summed E-state index contributed by atoms with van der Waals surface area (Å²) in [5, 5.41) is 60.6. The highest BCUT2D eigenvalue weighted by Crippen LogP contribution is 2.34. The minimum absolute atomic E-state index is 0.0858. The van der Waals surface area contributed by atoms with Gasteiger partial charge in [-0.2, -0.15) is 5.26 Å². The number of phenolic OH excluding ortho intramolecular Hbond substituents is 1. The Labute approximate surface area is 225 Å². The number of nitrogens with zero attached hydrogens (tertiary/aromatic N) is 1. The molecule has 0 unspecified atom stereocenters. The van der Waals surface area contributed by atoms with Gasteiger partial charge in [0.1, 0.15) is 30.5 Å². The second kappa shape index (κ2) is 13.8. The number of ether oxygens (including phenoxy) is 6. The number of allylic oxidation sites excluding steroid dienone is 1. The van der Waals surface area contributed by atoms with Gasteiger partial charge in [0.2, 0.25) is 0 Å². The molecule has 13 heteroatoms. The quantitative estimate of drug-likeness (QED) is 0.148. The van der Waals surface area contributed by atoms with Crippen molar-refractivity contribution in [2.24, 2.45) is 0 Å². The molecule has 9 atom stereocenters. The first-order chi connectivity index (χ1) is 18.7. The van der Waals surface area contributed by atoms with Gasteiger partial charge in [0.15, 0.2) is 23.9 Å². The number of benzene rings is 1. The molecular weight excluding hydrogens is 518 g/mol. The minimum atomic E-state index is -1.71. The Balaban J connectivity index is 1.84. The Bertz CT molecular complexity index is 1090. The maximum absolute atomic E-state index is 12.7. The number of methoxy groups -OCH3 is 3. The van der Waals surface area contributed by atoms with Crippen LogP contribution in [0, 0.1) is 11.3 Å². The molecule has 1 heterocycles. The first kappa shape index (κ1) is 30.5. The number of nitriles is 1. The fourth-order valence-electron chi connectivity index (χ4n) is 4.55. The Hall–Kier alpha value is -3.06. The molecule has 1 aromatic rings. The fraction of sp³-hybridized carbons (Fsp3) is 0.538. The number of carbonyl (C=O) groups is 1. The maximum atomic E-state index is 12.7. The Morgan fingerprint density at radius 1 is 1.15 bits per heavy atom. The van der Waals surface area contributed by atoms with Crippen molar-refractivity contribution in [3.63, 3.8) is 0 Å². The standard InChI is InChI=1S/C26H33NO12/c1-34-17-10-13(4-6-15(17)29)5-7-20(30)39-25-23(33)22(32)19(12-28)38-26(25)37-16-11-18(35-2)24(36-3)21(31)14(16)8-9-27/h4-8,10,16,18-19,21-26,28-29,31-33H,11-12H2,1-3H3/t16-,18-,19+,21+,22-,23+,24-,25-,26-/m1/s1. The van der Waals surface area contributed by atoms with Crippen molar-refractivity contribution < 1.29 is 58.7 Å². The van der Waals surface area contributed by atoms with E-state index in [2.05, 4.69) is 0 Å². The maximum Gasteiger partial charge on any atom is 0.331 e. The minimum Gasteiger partial charge on any atom is -0.504 e. The Morgan fingerprint density at radius 2 is 1.90 bits per heavy atom. The van der Waals surface area contributed by atoms with Crippen molar-refractivity contribution in [1.29, 1.82) is 5.26 Å². The van der Waals surface area contributed by atoms with Crippen LogP contribution in [0.15, 0.2) is 35.9 Å². The van der Waals surface area contributed by atoms with Crippen molar-refractivity contribution in [1.82, 2.24) is 0 Å². The number of hydrogen-bond donors (Lipinski definition) is 5. The van der Waals surface area contributed by atoms with Crippen LogP contribution >= 0.6 is 0 Å². The highest BCUT2D eigenvalue weighted by Gasteiger charge is 2.50. The van der Waals surface area contributed by atoms with Crippen LogP contribution in [0.4, 0.5) is 0 Å². The molecule has 1 saturated carbocycles. The zero-order valence-corrected chi connectivity index (χ0v) is 21.6. The third-order valence-electron chi connectivity index (χ3n) is 6.63. The van der Waals surface area contributed by atoms with E-state index in [1.807, 2.05) is 6.07 Å². The van der Waals surface area contributed by atoms with E-state index in [1.54, 1.807) is 0 Å². The molecule has 1 aliphatic carbocycles. The number of phenols is 1. The SMILES string of the molecule is COc1cc(C=CC(=O)O[C@H]2[C@H](O[C@@H]3C[C@@H](OC)[C@@H](OC)[C@@H](O)C3=CC#N)O[C@@H](CO)[C@@H](O)[C@@H]2O)ccc1O. The van der Waals surface area contributed by atoms with E-state index in [0.29, 0.717) is 5.56 Å². The lowest BCUT2D eigenvalue weighted by Crippen LogP contribution is -2.61. The number of aliphatic hydroxyl groups is 4. The highest BCUT2D eigenvalue weighted by atomic mass is 16.7. The van der Waals surface area contributed by atoms with Gasteiger partial charge in [0.25, 0.3) is 0 Å². The molecule has 5 N–H and O–H groups in total. The molecule has 3 rings (SSSR count). The molecule has 39 heavy (non-hydrogen) atoms. The molecule has 2 aliphatic rings. The van der Waals surface area contributed by atoms with Crippen LogP contribution in [-0.2, 0) is 28.5 Å². The van der Waals surface area contributed by atoms with Gasteiger partial charge in [-0.25, -0.2) is 4.79 Å². The number of aliphatic hydroxyl groups excluding tert-OH is 4. The molecule has 0 radical (unpaired) electrons. The van der Waals surface area contributed by atoms with Gasteiger partial charge in [-0.3, -0.25) is 0 Å². The van der Waals surface area contributed by atoms with Crippen molar-refractivity contribution in [3.8, 4) is 17.6 Å². The summed E-state index contributed by atoms with van der Waals surface area (Å²) in [5.74, 6) is -0.824. The van der Waals surface area contributed by atoms with Crippen LogP contribution in [0.5, 0.6) is 11.5 Å². The molecular formula is C26H33NO12. The van der Waals surface area contributed by atoms with E-state index in [4.69, 9.17) is 28.4 Å². The third-order valence-corrected chi connectivity index (χ3v) is 6.63. The van der Waals surface area contributed by atoms with E-state index in [-0.39, 0.29) is 23.5 Å². The Kier molecular flexibility index (Phi) is 10.8. The summed E-state index contributed by atoms with van der Waals surface area (Å²) < 4.78 is 32.8. The molecule has 0 aromatic heterocycles. The number of rotatable bonds is 9. The topological polar surface area (TPSA) is 197 Å². The lowest BCUT2D eigenvalue weighted by Gasteiger charge is -2.45. The number of aromatic hydroxyl groups is 1. The zero-order valence-electron chi connectivity index (χ0n) is 21.6. The monoisotopic (exact) mass is 551 g/mol. The van der Waals surface area contributed by atoms with Gasteiger partial charge in [0.05, 0.1) is 32.0 Å². The molecule has 0 amide bonds. The second-order valence-corrected chi connectivity index (χ2v) is 8.93. The summed E-state index contributed by atoms with van der Waals surface area (Å²) >= 11 is 0. The summed E-state index contributed by atoms with van der Waals surface area (Å²) in [5.41, 5.74) is 0.643. The van der Waals surface area contributed by atoms with E-state index in [0.717, 1.165) is 12.2 Å². The second-order valence-electron chi connectivity index (χ2n) is 8.93. The van der Waals surface area contributed by atoms with Crippen LogP contribution in [0.3, 0.4) is 0 Å². The zero-order chi connectivity index (χ0) is 28.7. The average molecular weight is 552 g/mol. The normalized spacial score (nSPS) is 34.1. The molecule has 1 saturated heterocycles. The summed E-state index contributed by atoms with van der Waals surface area (Å²) in [6.07, 6.45) is -7.77. The molecule has 0 bridgehead atoms. The highest BCUT2D eigenvalue weighted by molar-refractivity contribution is 5.87. The van der Waals surface area contributed by atoms with Crippen molar-refractivity contribution >= 4 is 12.0 Å². The van der Waals surface area contributed by atoms with Crippen LogP contribution in [0.1, 0.15) is 12.0 Å². The number of hydrogen-bond acceptors (Lipinski definition) is 13. The molecule has 0 spiro atoms. The summed E-state index contributed by atoms with van der Waals surface area (Å²) in [6, 6.07) is 6.24. The van der Waals surface area contributed by atoms with Gasteiger partial charge < -0.3 is 54.0 Å². The van der Waals surface area contributed by atoms with Gasteiger partial charge >= 0.3 is 5.97 Å². The predicted octanol–water partition coefficient (Wildman–Crippen LogP) is -0.605. The van der Waals surface area contributed by atoms with E-state index in [9.17, 15) is 35.6 Å². The van der Waals surface area contributed by atoms with Crippen LogP contribution in [0.2, 0.25) is 0 Å².